The molecule has 2 saturated carbocycles. The van der Waals surface area contributed by atoms with Crippen molar-refractivity contribution in [1.82, 2.24) is 0 Å². The molecule has 0 bridgehead atoms. The maximum Gasteiger partial charge on any atom is 0.192 e. The lowest BCUT2D eigenvalue weighted by Crippen LogP contribution is -2.51. The van der Waals surface area contributed by atoms with Crippen LogP contribution in [0.1, 0.15) is 113 Å². The second-order valence-corrected chi connectivity index (χ2v) is 30.3. The minimum absolute atomic E-state index is 0.00133. The van der Waals surface area contributed by atoms with Crippen molar-refractivity contribution in [3.8, 4) is 0 Å². The molecule has 2 aliphatic carbocycles. The van der Waals surface area contributed by atoms with Crippen LogP contribution >= 0.6 is 0 Å². The summed E-state index contributed by atoms with van der Waals surface area (Å²) in [5.74, 6) is 0.363. The molecule has 2 N–H and O–H groups in total. The first-order valence-corrected chi connectivity index (χ1v) is 26.1. The average Bonchev–Trinajstić information content (AvgIpc) is 3.25. The predicted molar refractivity (Wildman–Crippen MR) is 200 cm³/mol. The quantitative estimate of drug-likeness (QED) is 0.176. The van der Waals surface area contributed by atoms with Gasteiger partial charge < -0.3 is 19.1 Å². The first-order valence-electron chi connectivity index (χ1n) is 18.3. The van der Waals surface area contributed by atoms with Crippen molar-refractivity contribution in [3.05, 3.63) is 30.3 Å². The number of aliphatic hydroxyl groups is 2. The molecule has 2 aliphatic rings. The van der Waals surface area contributed by atoms with E-state index in [1.54, 1.807) is 38.1 Å². The van der Waals surface area contributed by atoms with Crippen LogP contribution in [0.4, 0.5) is 0 Å². The molecular weight excluding hydrogens is 641 g/mol. The second kappa shape index (κ2) is 14.6. The van der Waals surface area contributed by atoms with Crippen molar-refractivity contribution in [2.75, 3.05) is 0 Å². The molecule has 1 unspecified atom stereocenters. The molecule has 0 heterocycles. The Morgan fingerprint density at radius 3 is 2.09 bits per heavy atom. The molecular formula is C38H70O6SSi2. The predicted octanol–water partition coefficient (Wildman–Crippen LogP) is 9.37. The number of benzene rings is 1. The van der Waals surface area contributed by atoms with E-state index in [-0.39, 0.29) is 40.4 Å². The summed E-state index contributed by atoms with van der Waals surface area (Å²) in [5.41, 5.74) is -1.79. The summed E-state index contributed by atoms with van der Waals surface area (Å²) in [6.45, 7) is 28.1. The Balaban J connectivity index is 2.09. The molecule has 0 spiro atoms. The molecule has 6 nitrogen and oxygen atoms in total. The Hall–Kier alpha value is -0.556. The highest BCUT2D eigenvalue weighted by Gasteiger charge is 2.57. The largest absolute Gasteiger partial charge is 0.414 e. The Kier molecular flexibility index (Phi) is 12.7. The number of hydrogen-bond acceptors (Lipinski definition) is 6. The van der Waals surface area contributed by atoms with Gasteiger partial charge in [0.1, 0.15) is 0 Å². The number of sulfone groups is 1. The Labute approximate surface area is 291 Å². The third-order valence-electron chi connectivity index (χ3n) is 12.0. The fraction of sp³-hybridized carbons (Fsp3) is 0.842. The standard InChI is InChI=1S/C38H70O6SSi2/c1-35(2,3)47(12,13)43-32-22-18-26-38(8)30(23-24-31(32)38)29(21-17-25-36(4,5)44-46(9,10)11)33(27-34(39)37(6,7)40)45(41,42)28-19-15-14-16-20-28/h14-16,19-20,29-34,39-40H,17-18,21-27H2,1-13H3/t29-,30-,31+,32+,33?,34-,38-/m1/s1. The molecule has 1 aromatic carbocycles. The Bertz CT molecular complexity index is 1260. The summed E-state index contributed by atoms with van der Waals surface area (Å²) in [6, 6.07) is 8.76. The van der Waals surface area contributed by atoms with Crippen molar-refractivity contribution in [2.24, 2.45) is 23.2 Å². The normalized spacial score (nSPS) is 26.9. The van der Waals surface area contributed by atoms with Gasteiger partial charge in [0.2, 0.25) is 0 Å². The zero-order valence-corrected chi connectivity index (χ0v) is 35.0. The maximum absolute atomic E-state index is 14.7. The van der Waals surface area contributed by atoms with Gasteiger partial charge in [0.15, 0.2) is 26.5 Å². The van der Waals surface area contributed by atoms with Gasteiger partial charge in [-0.1, -0.05) is 58.7 Å². The lowest BCUT2D eigenvalue weighted by Gasteiger charge is -2.51. The molecule has 0 amide bonds. The lowest BCUT2D eigenvalue weighted by atomic mass is 9.60. The van der Waals surface area contributed by atoms with Crippen LogP contribution in [0.25, 0.3) is 0 Å². The Morgan fingerprint density at radius 2 is 1.55 bits per heavy atom. The van der Waals surface area contributed by atoms with Gasteiger partial charge in [-0.05, 0) is 146 Å². The van der Waals surface area contributed by atoms with E-state index >= 15 is 0 Å². The summed E-state index contributed by atoms with van der Waals surface area (Å²) in [6.07, 6.45) is 6.62. The van der Waals surface area contributed by atoms with E-state index in [9.17, 15) is 18.6 Å². The molecule has 0 aliphatic heterocycles. The molecule has 2 fully saturated rings. The summed E-state index contributed by atoms with van der Waals surface area (Å²) < 4.78 is 43.2. The van der Waals surface area contributed by atoms with Crippen molar-refractivity contribution in [2.45, 2.75) is 185 Å². The number of rotatable bonds is 15. The summed E-state index contributed by atoms with van der Waals surface area (Å²) >= 11 is 0. The highest BCUT2D eigenvalue weighted by atomic mass is 32.2. The lowest BCUT2D eigenvalue weighted by molar-refractivity contribution is -0.0583. The molecule has 0 aromatic heterocycles. The van der Waals surface area contributed by atoms with Gasteiger partial charge in [0.25, 0.3) is 0 Å². The van der Waals surface area contributed by atoms with E-state index in [2.05, 4.69) is 74.3 Å². The van der Waals surface area contributed by atoms with Crippen molar-refractivity contribution in [1.29, 1.82) is 0 Å². The zero-order chi connectivity index (χ0) is 35.9. The molecule has 3 rings (SSSR count). The molecule has 7 atom stereocenters. The van der Waals surface area contributed by atoms with Crippen LogP contribution in [-0.2, 0) is 18.7 Å². The van der Waals surface area contributed by atoms with E-state index in [1.165, 1.54) is 0 Å². The fourth-order valence-corrected chi connectivity index (χ4v) is 13.9. The SMILES string of the molecule is CC(C)(CCC[C@@H](C(C[C@@H](O)C(C)(C)O)S(=O)(=O)c1ccccc1)[C@H]1CC[C@H]2[C@@H](O[Si](C)(C)C(C)(C)C)CCC[C@]12C)O[Si](C)(C)C. The van der Waals surface area contributed by atoms with Gasteiger partial charge >= 0.3 is 0 Å². The second-order valence-electron chi connectivity index (χ2n) is 18.9. The van der Waals surface area contributed by atoms with Crippen LogP contribution in [0.5, 0.6) is 0 Å². The van der Waals surface area contributed by atoms with Crippen LogP contribution in [0.2, 0.25) is 37.8 Å². The van der Waals surface area contributed by atoms with Crippen LogP contribution in [0.15, 0.2) is 35.2 Å². The minimum atomic E-state index is -3.83. The number of aliphatic hydroxyl groups excluding tert-OH is 1. The van der Waals surface area contributed by atoms with Gasteiger partial charge in [0.05, 0.1) is 27.5 Å². The van der Waals surface area contributed by atoms with Crippen molar-refractivity contribution < 1.29 is 27.5 Å². The highest BCUT2D eigenvalue weighted by molar-refractivity contribution is 7.92. The first-order chi connectivity index (χ1) is 21.2. The molecule has 9 heteroatoms. The van der Waals surface area contributed by atoms with Crippen molar-refractivity contribution in [3.63, 3.8) is 0 Å². The van der Waals surface area contributed by atoms with Gasteiger partial charge in [-0.3, -0.25) is 0 Å². The third-order valence-corrected chi connectivity index (χ3v) is 20.0. The molecule has 0 saturated heterocycles. The first kappa shape index (κ1) is 40.9. The zero-order valence-electron chi connectivity index (χ0n) is 32.2. The molecule has 47 heavy (non-hydrogen) atoms. The van der Waals surface area contributed by atoms with Crippen LogP contribution < -0.4 is 0 Å². The van der Waals surface area contributed by atoms with E-state index in [1.807, 2.05) is 6.07 Å². The molecule has 0 radical (unpaired) electrons. The van der Waals surface area contributed by atoms with Gasteiger partial charge in [-0.15, -0.1) is 0 Å². The average molecular weight is 711 g/mol. The minimum Gasteiger partial charge on any atom is -0.414 e. The highest BCUT2D eigenvalue weighted by Crippen LogP contribution is 2.61. The van der Waals surface area contributed by atoms with Gasteiger partial charge in [-0.25, -0.2) is 8.42 Å². The van der Waals surface area contributed by atoms with Crippen LogP contribution in [0, 0.1) is 23.2 Å². The Morgan fingerprint density at radius 1 is 0.957 bits per heavy atom. The number of fused-ring (bicyclic) bond motifs is 1. The molecule has 272 valence electrons. The monoisotopic (exact) mass is 710 g/mol. The third kappa shape index (κ3) is 10.0. The molecule has 1 aromatic rings. The van der Waals surface area contributed by atoms with Crippen LogP contribution in [0.3, 0.4) is 0 Å². The fourth-order valence-electron chi connectivity index (χ4n) is 8.67. The summed E-state index contributed by atoms with van der Waals surface area (Å²) in [5, 5.41) is 21.5. The van der Waals surface area contributed by atoms with Crippen molar-refractivity contribution >= 4 is 26.5 Å². The summed E-state index contributed by atoms with van der Waals surface area (Å²) in [4.78, 5) is 0.294. The number of hydrogen-bond donors (Lipinski definition) is 2. The van der Waals surface area contributed by atoms with E-state index < -0.39 is 43.4 Å². The van der Waals surface area contributed by atoms with Gasteiger partial charge in [-0.2, -0.15) is 0 Å². The van der Waals surface area contributed by atoms with E-state index in [0.29, 0.717) is 10.8 Å². The van der Waals surface area contributed by atoms with Crippen LogP contribution in [-0.4, -0.2) is 63.9 Å². The smallest absolute Gasteiger partial charge is 0.192 e. The van der Waals surface area contributed by atoms with E-state index in [4.69, 9.17) is 8.85 Å². The maximum atomic E-state index is 14.7. The van der Waals surface area contributed by atoms with Gasteiger partial charge in [0, 0.05) is 6.10 Å². The topological polar surface area (TPSA) is 93.1 Å². The van der Waals surface area contributed by atoms with E-state index in [0.717, 1.165) is 51.4 Å². The summed E-state index contributed by atoms with van der Waals surface area (Å²) in [7, 11) is -7.61.